The van der Waals surface area contributed by atoms with Gasteiger partial charge in [0.05, 0.1) is 0 Å². The molecule has 1 nitrogen and oxygen atoms in total. The monoisotopic (exact) mass is 136 g/mol. The number of rotatable bonds is 2. The van der Waals surface area contributed by atoms with Crippen LogP contribution in [0.1, 0.15) is 26.7 Å². The van der Waals surface area contributed by atoms with Crippen molar-refractivity contribution in [2.75, 3.05) is 0 Å². The van der Waals surface area contributed by atoms with Crippen LogP contribution in [0.25, 0.3) is 0 Å². The van der Waals surface area contributed by atoms with Crippen LogP contribution in [0, 0.1) is 11.8 Å². The van der Waals surface area contributed by atoms with Gasteiger partial charge in [0.25, 0.3) is 0 Å². The minimum Gasteiger partial charge on any atom is -0.285 e. The number of ketones is 1. The highest BCUT2D eigenvalue weighted by atomic mass is 16.1. The van der Waals surface area contributed by atoms with Crippen molar-refractivity contribution in [1.29, 1.82) is 0 Å². The summed E-state index contributed by atoms with van der Waals surface area (Å²) in [6.45, 7) is 3.53. The SMILES string of the molecule is CCC=CCC#CC(C)=O. The molecule has 0 radical (unpaired) electrons. The van der Waals surface area contributed by atoms with E-state index in [0.29, 0.717) is 6.42 Å². The molecule has 0 heterocycles. The van der Waals surface area contributed by atoms with Gasteiger partial charge in [0, 0.05) is 13.3 Å². The lowest BCUT2D eigenvalue weighted by Crippen LogP contribution is -1.79. The summed E-state index contributed by atoms with van der Waals surface area (Å²) in [4.78, 5) is 10.3. The Morgan fingerprint density at radius 1 is 1.50 bits per heavy atom. The molecule has 0 N–H and O–H groups in total. The van der Waals surface area contributed by atoms with E-state index in [1.807, 2.05) is 12.2 Å². The van der Waals surface area contributed by atoms with E-state index in [2.05, 4.69) is 18.8 Å². The minimum atomic E-state index is -0.0649. The Labute approximate surface area is 62.1 Å². The maximum atomic E-state index is 10.3. The van der Waals surface area contributed by atoms with Gasteiger partial charge < -0.3 is 0 Å². The van der Waals surface area contributed by atoms with Gasteiger partial charge in [-0.1, -0.05) is 25.0 Å². The van der Waals surface area contributed by atoms with Crippen LogP contribution in [0.4, 0.5) is 0 Å². The predicted octanol–water partition coefficient (Wildman–Crippen LogP) is 1.94. The summed E-state index contributed by atoms with van der Waals surface area (Å²) in [5, 5.41) is 0. The van der Waals surface area contributed by atoms with Crippen molar-refractivity contribution < 1.29 is 4.79 Å². The Morgan fingerprint density at radius 2 is 2.20 bits per heavy atom. The maximum absolute atomic E-state index is 10.3. The van der Waals surface area contributed by atoms with E-state index in [4.69, 9.17) is 0 Å². The summed E-state index contributed by atoms with van der Waals surface area (Å²) >= 11 is 0. The maximum Gasteiger partial charge on any atom is 0.202 e. The molecule has 0 aliphatic heterocycles. The molecule has 0 fully saturated rings. The summed E-state index contributed by atoms with van der Waals surface area (Å²) in [6, 6.07) is 0. The van der Waals surface area contributed by atoms with E-state index in [9.17, 15) is 4.79 Å². The zero-order chi connectivity index (χ0) is 7.82. The van der Waals surface area contributed by atoms with Crippen molar-refractivity contribution in [1.82, 2.24) is 0 Å². The Balaban J connectivity index is 3.47. The van der Waals surface area contributed by atoms with Gasteiger partial charge in [-0.3, -0.25) is 4.79 Å². The van der Waals surface area contributed by atoms with Crippen molar-refractivity contribution in [2.24, 2.45) is 0 Å². The van der Waals surface area contributed by atoms with Gasteiger partial charge in [0.1, 0.15) is 0 Å². The molecule has 0 aromatic rings. The molecule has 0 aliphatic rings. The van der Waals surface area contributed by atoms with Crippen LogP contribution >= 0.6 is 0 Å². The highest BCUT2D eigenvalue weighted by Crippen LogP contribution is 1.83. The molecule has 0 saturated heterocycles. The van der Waals surface area contributed by atoms with E-state index < -0.39 is 0 Å². The normalized spacial score (nSPS) is 9.00. The number of hydrogen-bond acceptors (Lipinski definition) is 1. The van der Waals surface area contributed by atoms with Crippen LogP contribution in [-0.4, -0.2) is 5.78 Å². The number of carbonyl (C=O) groups excluding carboxylic acids is 1. The fraction of sp³-hybridized carbons (Fsp3) is 0.444. The molecule has 1 heteroatoms. The molecule has 0 atom stereocenters. The molecule has 0 spiro atoms. The summed E-state index contributed by atoms with van der Waals surface area (Å²) in [5.41, 5.74) is 0. The fourth-order valence-corrected chi connectivity index (χ4v) is 0.484. The molecule has 0 aromatic carbocycles. The highest BCUT2D eigenvalue weighted by molar-refractivity contribution is 5.93. The zero-order valence-corrected chi connectivity index (χ0v) is 6.48. The molecule has 10 heavy (non-hydrogen) atoms. The molecule has 0 unspecified atom stereocenters. The largest absolute Gasteiger partial charge is 0.285 e. The topological polar surface area (TPSA) is 17.1 Å². The van der Waals surface area contributed by atoms with E-state index in [1.165, 1.54) is 6.92 Å². The van der Waals surface area contributed by atoms with Crippen molar-refractivity contribution in [2.45, 2.75) is 26.7 Å². The number of Topliss-reactive ketones (excluding diaryl/α,β-unsaturated/α-hetero) is 1. The molecular formula is C9H12O. The quantitative estimate of drug-likeness (QED) is 0.322. The Kier molecular flexibility index (Phi) is 5.47. The Bertz CT molecular complexity index is 179. The third-order valence-corrected chi connectivity index (χ3v) is 0.887. The second-order valence-electron chi connectivity index (χ2n) is 1.94. The number of carbonyl (C=O) groups is 1. The summed E-state index contributed by atoms with van der Waals surface area (Å²) in [7, 11) is 0. The molecule has 54 valence electrons. The van der Waals surface area contributed by atoms with Crippen molar-refractivity contribution in [3.63, 3.8) is 0 Å². The highest BCUT2D eigenvalue weighted by Gasteiger charge is 1.76. The molecule has 0 rings (SSSR count). The lowest BCUT2D eigenvalue weighted by Gasteiger charge is -1.75. The fourth-order valence-electron chi connectivity index (χ4n) is 0.484. The van der Waals surface area contributed by atoms with E-state index >= 15 is 0 Å². The lowest BCUT2D eigenvalue weighted by molar-refractivity contribution is -0.111. The van der Waals surface area contributed by atoms with Crippen molar-refractivity contribution in [3.05, 3.63) is 12.2 Å². The molecule has 0 bridgehead atoms. The number of allylic oxidation sites excluding steroid dienone is 2. The van der Waals surface area contributed by atoms with Gasteiger partial charge in [-0.05, 0) is 12.3 Å². The molecule has 0 aromatic heterocycles. The third-order valence-electron chi connectivity index (χ3n) is 0.887. The average molecular weight is 136 g/mol. The van der Waals surface area contributed by atoms with Crippen molar-refractivity contribution >= 4 is 5.78 Å². The van der Waals surface area contributed by atoms with E-state index in [-0.39, 0.29) is 5.78 Å². The second kappa shape index (κ2) is 6.10. The van der Waals surface area contributed by atoms with Crippen LogP contribution in [0.3, 0.4) is 0 Å². The van der Waals surface area contributed by atoms with Gasteiger partial charge in [0.2, 0.25) is 5.78 Å². The summed E-state index contributed by atoms with van der Waals surface area (Å²) in [5.74, 6) is 5.13. The summed E-state index contributed by atoms with van der Waals surface area (Å²) < 4.78 is 0. The second-order valence-corrected chi connectivity index (χ2v) is 1.94. The van der Waals surface area contributed by atoms with E-state index in [0.717, 1.165) is 6.42 Å². The van der Waals surface area contributed by atoms with Crippen LogP contribution < -0.4 is 0 Å². The predicted molar refractivity (Wildman–Crippen MR) is 42.5 cm³/mol. The van der Waals surface area contributed by atoms with Gasteiger partial charge >= 0.3 is 0 Å². The smallest absolute Gasteiger partial charge is 0.202 e. The van der Waals surface area contributed by atoms with Crippen LogP contribution in [0.5, 0.6) is 0 Å². The first kappa shape index (κ1) is 8.97. The first-order chi connectivity index (χ1) is 4.77. The Hall–Kier alpha value is -1.03. The summed E-state index contributed by atoms with van der Waals surface area (Å²) in [6.07, 6.45) is 5.72. The number of hydrogen-bond donors (Lipinski definition) is 0. The molecule has 0 aliphatic carbocycles. The van der Waals surface area contributed by atoms with Crippen molar-refractivity contribution in [3.8, 4) is 11.8 Å². The average Bonchev–Trinajstić information content (AvgIpc) is 1.87. The first-order valence-corrected chi connectivity index (χ1v) is 3.41. The zero-order valence-electron chi connectivity index (χ0n) is 6.48. The van der Waals surface area contributed by atoms with Gasteiger partial charge in [-0.15, -0.1) is 0 Å². The van der Waals surface area contributed by atoms with Crippen LogP contribution in [-0.2, 0) is 4.79 Å². The van der Waals surface area contributed by atoms with Gasteiger partial charge in [-0.25, -0.2) is 0 Å². The van der Waals surface area contributed by atoms with Crippen LogP contribution in [0.2, 0.25) is 0 Å². The lowest BCUT2D eigenvalue weighted by atomic mass is 10.3. The minimum absolute atomic E-state index is 0.0649. The molecule has 0 amide bonds. The first-order valence-electron chi connectivity index (χ1n) is 3.41. The molecule has 0 saturated carbocycles. The van der Waals surface area contributed by atoms with Crippen LogP contribution in [0.15, 0.2) is 12.2 Å². The third kappa shape index (κ3) is 6.97. The van der Waals surface area contributed by atoms with Gasteiger partial charge in [-0.2, -0.15) is 0 Å². The standard InChI is InChI=1S/C9H12O/c1-3-4-5-6-7-8-9(2)10/h4-5H,3,6H2,1-2H3. The van der Waals surface area contributed by atoms with Gasteiger partial charge in [0.15, 0.2) is 0 Å². The van der Waals surface area contributed by atoms with E-state index in [1.54, 1.807) is 0 Å². The molecular weight excluding hydrogens is 124 g/mol. The Morgan fingerprint density at radius 3 is 2.70 bits per heavy atom.